The van der Waals surface area contributed by atoms with E-state index in [4.69, 9.17) is 0 Å². The van der Waals surface area contributed by atoms with E-state index in [1.807, 2.05) is 7.05 Å². The van der Waals surface area contributed by atoms with Gasteiger partial charge >= 0.3 is 0 Å². The molecule has 0 amide bonds. The third kappa shape index (κ3) is 2.12. The second kappa shape index (κ2) is 4.71. The molecule has 1 heterocycles. The van der Waals surface area contributed by atoms with Crippen LogP contribution in [0.15, 0.2) is 30.5 Å². The van der Waals surface area contributed by atoms with Crippen molar-refractivity contribution in [2.75, 3.05) is 7.05 Å². The first kappa shape index (κ1) is 11.2. The Morgan fingerprint density at radius 2 is 2.06 bits per heavy atom. The SMILES string of the molecule is CNCc1cccc2c1ccn2CC(C)C. The highest BCUT2D eigenvalue weighted by Gasteiger charge is 2.05. The predicted octanol–water partition coefficient (Wildman–Crippen LogP) is 3.02. The lowest BCUT2D eigenvalue weighted by Crippen LogP contribution is -2.06. The van der Waals surface area contributed by atoms with Gasteiger partial charge in [-0.3, -0.25) is 0 Å². The number of nitrogens with one attached hydrogen (secondary N) is 1. The van der Waals surface area contributed by atoms with Crippen molar-refractivity contribution in [3.63, 3.8) is 0 Å². The Hall–Kier alpha value is -1.28. The normalized spacial score (nSPS) is 11.5. The summed E-state index contributed by atoms with van der Waals surface area (Å²) in [6.07, 6.45) is 2.20. The maximum Gasteiger partial charge on any atom is 0.0483 e. The van der Waals surface area contributed by atoms with Crippen molar-refractivity contribution in [2.45, 2.75) is 26.9 Å². The molecule has 0 saturated heterocycles. The van der Waals surface area contributed by atoms with E-state index in [0.717, 1.165) is 13.1 Å². The number of hydrogen-bond donors (Lipinski definition) is 1. The Bertz CT molecular complexity index is 469. The van der Waals surface area contributed by atoms with Gasteiger partial charge in [0.15, 0.2) is 0 Å². The van der Waals surface area contributed by atoms with Crippen molar-refractivity contribution < 1.29 is 0 Å². The second-order valence-electron chi connectivity index (χ2n) is 4.74. The smallest absolute Gasteiger partial charge is 0.0483 e. The van der Waals surface area contributed by atoms with E-state index in [1.165, 1.54) is 16.5 Å². The fraction of sp³-hybridized carbons (Fsp3) is 0.429. The molecule has 0 aliphatic rings. The van der Waals surface area contributed by atoms with E-state index >= 15 is 0 Å². The van der Waals surface area contributed by atoms with Gasteiger partial charge in [-0.15, -0.1) is 0 Å². The number of nitrogens with zero attached hydrogens (tertiary/aromatic N) is 1. The molecular weight excluding hydrogens is 196 g/mol. The van der Waals surface area contributed by atoms with Gasteiger partial charge in [0, 0.05) is 30.2 Å². The Balaban J connectivity index is 2.44. The standard InChI is InChI=1S/C14H20N2/c1-11(2)10-16-8-7-13-12(9-15-3)5-4-6-14(13)16/h4-8,11,15H,9-10H2,1-3H3. The minimum atomic E-state index is 0.684. The molecule has 1 N–H and O–H groups in total. The molecule has 0 aliphatic heterocycles. The summed E-state index contributed by atoms with van der Waals surface area (Å²) in [7, 11) is 1.99. The number of hydrogen-bond acceptors (Lipinski definition) is 1. The Morgan fingerprint density at radius 1 is 1.25 bits per heavy atom. The number of benzene rings is 1. The quantitative estimate of drug-likeness (QED) is 0.831. The van der Waals surface area contributed by atoms with Crippen molar-refractivity contribution in [1.82, 2.24) is 9.88 Å². The fourth-order valence-corrected chi connectivity index (χ4v) is 2.18. The number of fused-ring (bicyclic) bond motifs is 1. The summed E-state index contributed by atoms with van der Waals surface area (Å²) in [6, 6.07) is 8.77. The lowest BCUT2D eigenvalue weighted by atomic mass is 10.1. The monoisotopic (exact) mass is 216 g/mol. The molecule has 0 fully saturated rings. The average molecular weight is 216 g/mol. The third-order valence-corrected chi connectivity index (χ3v) is 2.83. The maximum absolute atomic E-state index is 3.22. The van der Waals surface area contributed by atoms with Crippen LogP contribution in [0.25, 0.3) is 10.9 Å². The first-order valence-electron chi connectivity index (χ1n) is 5.93. The van der Waals surface area contributed by atoms with Crippen LogP contribution in [0.2, 0.25) is 0 Å². The van der Waals surface area contributed by atoms with Gasteiger partial charge in [-0.1, -0.05) is 26.0 Å². The molecule has 2 nitrogen and oxygen atoms in total. The van der Waals surface area contributed by atoms with Crippen molar-refractivity contribution in [1.29, 1.82) is 0 Å². The van der Waals surface area contributed by atoms with E-state index in [2.05, 4.69) is 54.2 Å². The van der Waals surface area contributed by atoms with Gasteiger partial charge in [0.05, 0.1) is 0 Å². The fourth-order valence-electron chi connectivity index (χ4n) is 2.18. The maximum atomic E-state index is 3.22. The van der Waals surface area contributed by atoms with Crippen molar-refractivity contribution in [2.24, 2.45) is 5.92 Å². The molecule has 1 aromatic heterocycles. The van der Waals surface area contributed by atoms with Crippen LogP contribution in [-0.2, 0) is 13.1 Å². The van der Waals surface area contributed by atoms with Gasteiger partial charge < -0.3 is 9.88 Å². The van der Waals surface area contributed by atoms with E-state index in [-0.39, 0.29) is 0 Å². The number of aromatic nitrogens is 1. The molecule has 0 radical (unpaired) electrons. The summed E-state index contributed by atoms with van der Waals surface area (Å²) >= 11 is 0. The summed E-state index contributed by atoms with van der Waals surface area (Å²) in [5.41, 5.74) is 2.73. The zero-order valence-electron chi connectivity index (χ0n) is 10.3. The molecule has 2 rings (SSSR count). The Labute approximate surface area is 97.3 Å². The Kier molecular flexibility index (Phi) is 3.30. The largest absolute Gasteiger partial charge is 0.347 e. The van der Waals surface area contributed by atoms with Crippen LogP contribution < -0.4 is 5.32 Å². The van der Waals surface area contributed by atoms with Crippen LogP contribution in [0.5, 0.6) is 0 Å². The lowest BCUT2D eigenvalue weighted by molar-refractivity contribution is 0.535. The topological polar surface area (TPSA) is 17.0 Å². The van der Waals surface area contributed by atoms with Crippen molar-refractivity contribution >= 4 is 10.9 Å². The third-order valence-electron chi connectivity index (χ3n) is 2.83. The van der Waals surface area contributed by atoms with Gasteiger partial charge in [-0.25, -0.2) is 0 Å². The molecule has 0 bridgehead atoms. The second-order valence-corrected chi connectivity index (χ2v) is 4.74. The van der Waals surface area contributed by atoms with Gasteiger partial charge in [0.2, 0.25) is 0 Å². The van der Waals surface area contributed by atoms with E-state index in [1.54, 1.807) is 0 Å². The highest BCUT2D eigenvalue weighted by molar-refractivity contribution is 5.83. The average Bonchev–Trinajstić information content (AvgIpc) is 2.63. The predicted molar refractivity (Wildman–Crippen MR) is 69.5 cm³/mol. The Morgan fingerprint density at radius 3 is 2.75 bits per heavy atom. The molecule has 2 heteroatoms. The first-order valence-corrected chi connectivity index (χ1v) is 5.93. The summed E-state index contributed by atoms with van der Waals surface area (Å²) in [5.74, 6) is 0.684. The zero-order valence-corrected chi connectivity index (χ0v) is 10.3. The molecule has 0 unspecified atom stereocenters. The van der Waals surface area contributed by atoms with Crippen LogP contribution in [0.3, 0.4) is 0 Å². The highest BCUT2D eigenvalue weighted by atomic mass is 15.0. The van der Waals surface area contributed by atoms with Crippen LogP contribution >= 0.6 is 0 Å². The molecular formula is C14H20N2. The van der Waals surface area contributed by atoms with Gasteiger partial charge in [-0.2, -0.15) is 0 Å². The minimum absolute atomic E-state index is 0.684. The summed E-state index contributed by atoms with van der Waals surface area (Å²) in [4.78, 5) is 0. The van der Waals surface area contributed by atoms with Crippen molar-refractivity contribution in [3.8, 4) is 0 Å². The summed E-state index contributed by atoms with van der Waals surface area (Å²) < 4.78 is 2.35. The lowest BCUT2D eigenvalue weighted by Gasteiger charge is -2.09. The van der Waals surface area contributed by atoms with Crippen LogP contribution in [0.1, 0.15) is 19.4 Å². The summed E-state index contributed by atoms with van der Waals surface area (Å²) in [5, 5.41) is 4.59. The van der Waals surface area contributed by atoms with Crippen LogP contribution in [0, 0.1) is 5.92 Å². The van der Waals surface area contributed by atoms with Crippen molar-refractivity contribution in [3.05, 3.63) is 36.0 Å². The molecule has 86 valence electrons. The first-order chi connectivity index (χ1) is 7.72. The molecule has 0 atom stereocenters. The van der Waals surface area contributed by atoms with E-state index < -0.39 is 0 Å². The zero-order chi connectivity index (χ0) is 11.5. The molecule has 0 spiro atoms. The van der Waals surface area contributed by atoms with Crippen LogP contribution in [0.4, 0.5) is 0 Å². The van der Waals surface area contributed by atoms with Crippen LogP contribution in [-0.4, -0.2) is 11.6 Å². The molecule has 0 aliphatic carbocycles. The van der Waals surface area contributed by atoms with Gasteiger partial charge in [0.25, 0.3) is 0 Å². The molecule has 0 saturated carbocycles. The minimum Gasteiger partial charge on any atom is -0.347 e. The van der Waals surface area contributed by atoms with E-state index in [0.29, 0.717) is 5.92 Å². The summed E-state index contributed by atoms with van der Waals surface area (Å²) in [6.45, 7) is 6.53. The molecule has 1 aromatic carbocycles. The number of rotatable bonds is 4. The molecule has 16 heavy (non-hydrogen) atoms. The van der Waals surface area contributed by atoms with Gasteiger partial charge in [0.1, 0.15) is 0 Å². The highest BCUT2D eigenvalue weighted by Crippen LogP contribution is 2.21. The van der Waals surface area contributed by atoms with E-state index in [9.17, 15) is 0 Å². The van der Waals surface area contributed by atoms with Gasteiger partial charge in [-0.05, 0) is 30.7 Å². The molecule has 2 aromatic rings.